The molecule has 0 saturated heterocycles. The highest BCUT2D eigenvalue weighted by Crippen LogP contribution is 2.26. The number of allylic oxidation sites excluding steroid dienone is 1. The molecule has 28 heavy (non-hydrogen) atoms. The van der Waals surface area contributed by atoms with E-state index in [2.05, 4.69) is 6.58 Å². The standard InChI is InChI=1S/C12H10O3Si.C10H12O2/c13-9-5-1-3-7-11(9)15-16-12-8-4-2-6-10(12)14;1-3-4-8-5-6-9(11)10(7-8)12-2/h1-8,13-14H;3,5-7,11H,1,4H2,2H3. The molecule has 5 nitrogen and oxygen atoms in total. The first-order valence-corrected chi connectivity index (χ1v) is 9.41. The van der Waals surface area contributed by atoms with Gasteiger partial charge in [0.2, 0.25) is 0 Å². The van der Waals surface area contributed by atoms with Crippen molar-refractivity contribution in [2.24, 2.45) is 0 Å². The number of methoxy groups -OCH3 is 1. The number of hydrogen-bond donors (Lipinski definition) is 3. The Morgan fingerprint density at radius 3 is 2.14 bits per heavy atom. The van der Waals surface area contributed by atoms with Gasteiger partial charge in [-0.25, -0.2) is 0 Å². The molecule has 0 atom stereocenters. The van der Waals surface area contributed by atoms with Crippen LogP contribution in [-0.2, 0) is 6.42 Å². The van der Waals surface area contributed by atoms with Crippen molar-refractivity contribution in [1.29, 1.82) is 0 Å². The number of benzene rings is 3. The van der Waals surface area contributed by atoms with Crippen LogP contribution in [0.1, 0.15) is 5.56 Å². The summed E-state index contributed by atoms with van der Waals surface area (Å²) in [5.74, 6) is 1.41. The number of hydrogen-bond acceptors (Lipinski definition) is 5. The van der Waals surface area contributed by atoms with Crippen molar-refractivity contribution < 1.29 is 24.5 Å². The van der Waals surface area contributed by atoms with Crippen molar-refractivity contribution in [2.45, 2.75) is 6.42 Å². The fourth-order valence-corrected chi connectivity index (χ4v) is 2.97. The zero-order valence-corrected chi connectivity index (χ0v) is 16.5. The molecule has 3 aromatic carbocycles. The molecular formula is C22H22O5Si. The second-order valence-electron chi connectivity index (χ2n) is 5.69. The molecule has 0 aliphatic carbocycles. The first kappa shape index (κ1) is 20.9. The Balaban J connectivity index is 0.000000209. The normalized spacial score (nSPS) is 9.75. The van der Waals surface area contributed by atoms with E-state index in [1.54, 1.807) is 54.6 Å². The molecule has 0 bridgehead atoms. The minimum atomic E-state index is -0.0329. The van der Waals surface area contributed by atoms with E-state index in [0.29, 0.717) is 16.7 Å². The molecule has 0 aromatic heterocycles. The van der Waals surface area contributed by atoms with Gasteiger partial charge in [-0.05, 0) is 42.3 Å². The van der Waals surface area contributed by atoms with Crippen LogP contribution >= 0.6 is 0 Å². The van der Waals surface area contributed by atoms with Crippen LogP contribution in [-0.4, -0.2) is 32.2 Å². The molecule has 2 radical (unpaired) electrons. The van der Waals surface area contributed by atoms with Crippen molar-refractivity contribution in [1.82, 2.24) is 0 Å². The minimum Gasteiger partial charge on any atom is -0.533 e. The van der Waals surface area contributed by atoms with Crippen LogP contribution in [0, 0.1) is 0 Å². The lowest BCUT2D eigenvalue weighted by atomic mass is 10.1. The summed E-state index contributed by atoms with van der Waals surface area (Å²) in [4.78, 5) is 0. The van der Waals surface area contributed by atoms with Gasteiger partial charge in [-0.1, -0.05) is 42.5 Å². The number of phenolic OH excluding ortho intramolecular Hbond substituents is 3. The van der Waals surface area contributed by atoms with Crippen LogP contribution in [0.4, 0.5) is 0 Å². The lowest BCUT2D eigenvalue weighted by Gasteiger charge is -2.07. The van der Waals surface area contributed by atoms with Crippen LogP contribution in [0.3, 0.4) is 0 Å². The van der Waals surface area contributed by atoms with Gasteiger partial charge in [0.1, 0.15) is 11.5 Å². The summed E-state index contributed by atoms with van der Waals surface area (Å²) in [5.41, 5.74) is 1.08. The molecule has 0 saturated carbocycles. The van der Waals surface area contributed by atoms with Gasteiger partial charge in [-0.2, -0.15) is 0 Å². The van der Waals surface area contributed by atoms with Crippen molar-refractivity contribution in [3.05, 3.63) is 84.9 Å². The topological polar surface area (TPSA) is 79.2 Å². The Morgan fingerprint density at radius 1 is 0.857 bits per heavy atom. The Morgan fingerprint density at radius 2 is 1.50 bits per heavy atom. The monoisotopic (exact) mass is 394 g/mol. The van der Waals surface area contributed by atoms with E-state index in [0.717, 1.165) is 12.0 Å². The molecule has 0 amide bonds. The molecule has 3 aromatic rings. The Labute approximate surface area is 167 Å². The van der Waals surface area contributed by atoms with Gasteiger partial charge in [-0.3, -0.25) is 0 Å². The number of rotatable bonds is 6. The Kier molecular flexibility index (Phi) is 7.99. The maximum Gasteiger partial charge on any atom is 0.355 e. The van der Waals surface area contributed by atoms with E-state index in [9.17, 15) is 15.3 Å². The molecule has 6 heteroatoms. The highest BCUT2D eigenvalue weighted by Gasteiger charge is 2.06. The van der Waals surface area contributed by atoms with Gasteiger partial charge in [-0.15, -0.1) is 6.58 Å². The molecule has 0 aliphatic rings. The van der Waals surface area contributed by atoms with E-state index in [1.165, 1.54) is 7.11 Å². The summed E-state index contributed by atoms with van der Waals surface area (Å²) >= 11 is 0. The van der Waals surface area contributed by atoms with Gasteiger partial charge in [0, 0.05) is 5.19 Å². The number of para-hydroxylation sites is 3. The van der Waals surface area contributed by atoms with Crippen molar-refractivity contribution >= 4 is 14.9 Å². The molecule has 0 unspecified atom stereocenters. The molecule has 0 heterocycles. The molecular weight excluding hydrogens is 372 g/mol. The quantitative estimate of drug-likeness (QED) is 0.440. The third-order valence-corrected chi connectivity index (χ3v) is 4.63. The first-order chi connectivity index (χ1) is 13.5. The summed E-state index contributed by atoms with van der Waals surface area (Å²) < 4.78 is 10.4. The lowest BCUT2D eigenvalue weighted by molar-refractivity contribution is 0.373. The fraction of sp³-hybridized carbons (Fsp3) is 0.0909. The third-order valence-electron chi connectivity index (χ3n) is 3.66. The van der Waals surface area contributed by atoms with Crippen LogP contribution in [0.5, 0.6) is 28.7 Å². The van der Waals surface area contributed by atoms with Gasteiger partial charge in [0.15, 0.2) is 17.2 Å². The molecule has 0 fully saturated rings. The third kappa shape index (κ3) is 6.10. The largest absolute Gasteiger partial charge is 0.533 e. The van der Waals surface area contributed by atoms with Gasteiger partial charge >= 0.3 is 9.76 Å². The maximum atomic E-state index is 9.52. The smallest absolute Gasteiger partial charge is 0.355 e. The summed E-state index contributed by atoms with van der Waals surface area (Å²) in [6.45, 7) is 3.63. The van der Waals surface area contributed by atoms with E-state index in [-0.39, 0.29) is 27.0 Å². The predicted molar refractivity (Wildman–Crippen MR) is 111 cm³/mol. The summed E-state index contributed by atoms with van der Waals surface area (Å²) in [7, 11) is 1.50. The molecule has 3 N–H and O–H groups in total. The van der Waals surface area contributed by atoms with Gasteiger partial charge < -0.3 is 24.5 Å². The molecule has 0 spiro atoms. The fourth-order valence-electron chi connectivity index (χ4n) is 2.23. The zero-order valence-electron chi connectivity index (χ0n) is 15.5. The molecule has 144 valence electrons. The number of phenols is 3. The van der Waals surface area contributed by atoms with Gasteiger partial charge in [0.05, 0.1) is 7.11 Å². The maximum absolute atomic E-state index is 9.52. The van der Waals surface area contributed by atoms with Crippen LogP contribution in [0.25, 0.3) is 0 Å². The second-order valence-corrected chi connectivity index (χ2v) is 6.63. The Hall–Kier alpha value is -3.38. The summed E-state index contributed by atoms with van der Waals surface area (Å²) in [6.07, 6.45) is 2.60. The minimum absolute atomic E-state index is 0.0329. The van der Waals surface area contributed by atoms with Gasteiger partial charge in [0.25, 0.3) is 0 Å². The summed E-state index contributed by atoms with van der Waals surface area (Å²) in [5, 5.41) is 29.0. The predicted octanol–water partition coefficient (Wildman–Crippen LogP) is 3.55. The first-order valence-electron chi connectivity index (χ1n) is 8.50. The van der Waals surface area contributed by atoms with Crippen LogP contribution < -0.4 is 14.3 Å². The average molecular weight is 394 g/mol. The second kappa shape index (κ2) is 10.7. The van der Waals surface area contributed by atoms with Crippen LogP contribution in [0.15, 0.2) is 79.4 Å². The highest BCUT2D eigenvalue weighted by molar-refractivity contribution is 6.49. The zero-order chi connectivity index (χ0) is 20.4. The molecule has 0 aliphatic heterocycles. The highest BCUT2D eigenvalue weighted by atomic mass is 28.2. The van der Waals surface area contributed by atoms with E-state index < -0.39 is 0 Å². The lowest BCUT2D eigenvalue weighted by Crippen LogP contribution is -2.20. The van der Waals surface area contributed by atoms with Crippen molar-refractivity contribution in [3.8, 4) is 28.7 Å². The number of ether oxygens (including phenoxy) is 1. The van der Waals surface area contributed by atoms with E-state index >= 15 is 0 Å². The van der Waals surface area contributed by atoms with E-state index in [4.69, 9.17) is 9.16 Å². The average Bonchev–Trinajstić information content (AvgIpc) is 2.70. The molecule has 3 rings (SSSR count). The number of aromatic hydroxyl groups is 3. The van der Waals surface area contributed by atoms with Crippen molar-refractivity contribution in [3.63, 3.8) is 0 Å². The van der Waals surface area contributed by atoms with Crippen LogP contribution in [0.2, 0.25) is 0 Å². The van der Waals surface area contributed by atoms with Crippen molar-refractivity contribution in [2.75, 3.05) is 7.11 Å². The summed E-state index contributed by atoms with van der Waals surface area (Å²) in [6, 6.07) is 19.0. The SMILES string of the molecule is C=CCc1ccc(O)c(OC)c1.Oc1ccccc1O[Si]c1ccccc1O. The van der Waals surface area contributed by atoms with E-state index in [1.807, 2.05) is 18.2 Å². The Bertz CT molecular complexity index is 865.